The Morgan fingerprint density at radius 3 is 2.48 bits per heavy atom. The number of carbonyl (C=O) groups excluding carboxylic acids is 1. The number of benzene rings is 1. The van der Waals surface area contributed by atoms with Crippen LogP contribution in [0.3, 0.4) is 0 Å². The molecule has 0 aliphatic carbocycles. The van der Waals surface area contributed by atoms with Crippen LogP contribution in [0.15, 0.2) is 24.3 Å². The number of rotatable bonds is 3. The highest BCUT2D eigenvalue weighted by molar-refractivity contribution is 5.83. The third-order valence-electron chi connectivity index (χ3n) is 4.80. The molecule has 21 heavy (non-hydrogen) atoms. The first-order valence-corrected chi connectivity index (χ1v) is 7.49. The first-order valence-electron chi connectivity index (χ1n) is 7.49. The molecule has 0 saturated carbocycles. The fraction of sp³-hybridized carbons (Fsp3) is 0.529. The summed E-state index contributed by atoms with van der Waals surface area (Å²) in [7, 11) is 2.14. The fourth-order valence-corrected chi connectivity index (χ4v) is 3.40. The zero-order chi connectivity index (χ0) is 14.8. The van der Waals surface area contributed by atoms with Crippen molar-refractivity contribution in [3.8, 4) is 6.07 Å². The van der Waals surface area contributed by atoms with Gasteiger partial charge in [0.05, 0.1) is 24.8 Å². The Morgan fingerprint density at radius 2 is 1.90 bits per heavy atom. The van der Waals surface area contributed by atoms with Crippen molar-refractivity contribution in [3.63, 3.8) is 0 Å². The van der Waals surface area contributed by atoms with E-state index in [1.165, 1.54) is 0 Å². The molecule has 0 aromatic heterocycles. The lowest BCUT2D eigenvalue weighted by Gasteiger charge is -2.46. The van der Waals surface area contributed by atoms with Gasteiger partial charge in [0.15, 0.2) is 0 Å². The van der Waals surface area contributed by atoms with Crippen molar-refractivity contribution >= 4 is 5.78 Å². The summed E-state index contributed by atoms with van der Waals surface area (Å²) in [6, 6.07) is 10.2. The van der Waals surface area contributed by atoms with Gasteiger partial charge in [-0.05, 0) is 37.6 Å². The molecule has 0 radical (unpaired) electrons. The van der Waals surface area contributed by atoms with Gasteiger partial charge in [-0.15, -0.1) is 0 Å². The van der Waals surface area contributed by atoms with Gasteiger partial charge in [-0.2, -0.15) is 5.26 Å². The summed E-state index contributed by atoms with van der Waals surface area (Å²) in [5, 5.41) is 8.80. The maximum Gasteiger partial charge on any atom is 0.140 e. The van der Waals surface area contributed by atoms with Crippen LogP contribution in [0.5, 0.6) is 0 Å². The van der Waals surface area contributed by atoms with E-state index in [1.807, 2.05) is 12.1 Å². The van der Waals surface area contributed by atoms with Gasteiger partial charge in [0, 0.05) is 24.4 Å². The summed E-state index contributed by atoms with van der Waals surface area (Å²) in [6.45, 7) is 1.49. The number of hydrogen-bond acceptors (Lipinski definition) is 4. The van der Waals surface area contributed by atoms with Crippen LogP contribution in [-0.2, 0) is 16.0 Å². The summed E-state index contributed by atoms with van der Waals surface area (Å²) in [5.74, 6) is 0.473. The van der Waals surface area contributed by atoms with E-state index in [-0.39, 0.29) is 5.92 Å². The average Bonchev–Trinajstić information content (AvgIpc) is 2.47. The van der Waals surface area contributed by atoms with Gasteiger partial charge in [-0.1, -0.05) is 12.1 Å². The number of ether oxygens (including phenoxy) is 1. The first kappa shape index (κ1) is 14.2. The minimum atomic E-state index is 0.149. The van der Waals surface area contributed by atoms with Gasteiger partial charge in [-0.3, -0.25) is 9.69 Å². The minimum absolute atomic E-state index is 0.149. The molecule has 2 aliphatic heterocycles. The quantitative estimate of drug-likeness (QED) is 0.849. The van der Waals surface area contributed by atoms with Gasteiger partial charge in [0.1, 0.15) is 5.78 Å². The van der Waals surface area contributed by atoms with Crippen molar-refractivity contribution < 1.29 is 9.53 Å². The highest BCUT2D eigenvalue weighted by Gasteiger charge is 2.39. The van der Waals surface area contributed by atoms with Crippen molar-refractivity contribution in [1.82, 2.24) is 4.90 Å². The van der Waals surface area contributed by atoms with Crippen molar-refractivity contribution in [3.05, 3.63) is 35.4 Å². The summed E-state index contributed by atoms with van der Waals surface area (Å²) in [6.07, 6.45) is 2.28. The predicted octanol–water partition coefficient (Wildman–Crippen LogP) is 1.78. The maximum atomic E-state index is 12.5. The highest BCUT2D eigenvalue weighted by atomic mass is 16.5. The number of Topliss-reactive ketones (excluding diaryl/α,β-unsaturated/α-hetero) is 1. The number of likely N-dealkylation sites (N-methyl/N-ethyl adjacent to an activating group) is 1. The van der Waals surface area contributed by atoms with Crippen LogP contribution in [0.1, 0.15) is 24.0 Å². The van der Waals surface area contributed by atoms with Gasteiger partial charge in [0.25, 0.3) is 0 Å². The van der Waals surface area contributed by atoms with Gasteiger partial charge in [0.2, 0.25) is 0 Å². The van der Waals surface area contributed by atoms with E-state index in [9.17, 15) is 4.79 Å². The molecular weight excluding hydrogens is 264 g/mol. The number of ketones is 1. The van der Waals surface area contributed by atoms with E-state index in [4.69, 9.17) is 10.00 Å². The van der Waals surface area contributed by atoms with Crippen LogP contribution >= 0.6 is 0 Å². The van der Waals surface area contributed by atoms with Crippen LogP contribution in [0, 0.1) is 17.2 Å². The number of carbonyl (C=O) groups is 1. The van der Waals surface area contributed by atoms with Crippen LogP contribution in [0.2, 0.25) is 0 Å². The normalized spacial score (nSPS) is 28.9. The maximum absolute atomic E-state index is 12.5. The third-order valence-corrected chi connectivity index (χ3v) is 4.80. The monoisotopic (exact) mass is 284 g/mol. The predicted molar refractivity (Wildman–Crippen MR) is 78.8 cm³/mol. The number of piperidine rings is 1. The zero-order valence-corrected chi connectivity index (χ0v) is 12.3. The number of hydrogen-bond donors (Lipinski definition) is 0. The number of nitriles is 1. The lowest BCUT2D eigenvalue weighted by molar-refractivity contribution is -0.130. The summed E-state index contributed by atoms with van der Waals surface area (Å²) >= 11 is 0. The molecule has 1 aromatic rings. The lowest BCUT2D eigenvalue weighted by Crippen LogP contribution is -2.55. The molecule has 0 spiro atoms. The van der Waals surface area contributed by atoms with E-state index in [2.05, 4.69) is 18.0 Å². The van der Waals surface area contributed by atoms with Crippen molar-refractivity contribution in [2.75, 3.05) is 20.3 Å². The molecule has 2 aliphatic rings. The highest BCUT2D eigenvalue weighted by Crippen LogP contribution is 2.31. The summed E-state index contributed by atoms with van der Waals surface area (Å²) < 4.78 is 5.60. The van der Waals surface area contributed by atoms with Crippen molar-refractivity contribution in [2.45, 2.75) is 31.3 Å². The van der Waals surface area contributed by atoms with Crippen LogP contribution in [-0.4, -0.2) is 43.0 Å². The van der Waals surface area contributed by atoms with Crippen LogP contribution in [0.25, 0.3) is 0 Å². The van der Waals surface area contributed by atoms with E-state index in [0.29, 0.717) is 29.9 Å². The Bertz CT molecular complexity index is 547. The van der Waals surface area contributed by atoms with Crippen LogP contribution in [0.4, 0.5) is 0 Å². The SMILES string of the molecule is CN1C2COCC1CC(C(=O)Cc1ccc(C#N)cc1)C2. The van der Waals surface area contributed by atoms with Gasteiger partial charge < -0.3 is 4.74 Å². The Kier molecular flexibility index (Phi) is 4.05. The molecule has 4 heteroatoms. The average molecular weight is 284 g/mol. The standard InChI is InChI=1S/C17H20N2O2/c1-19-15-7-14(8-16(19)11-21-10-15)17(20)6-12-2-4-13(9-18)5-3-12/h2-5,14-16H,6-8,10-11H2,1H3. The first-order chi connectivity index (χ1) is 10.2. The molecule has 2 heterocycles. The van der Waals surface area contributed by atoms with Crippen LogP contribution < -0.4 is 0 Å². The molecule has 2 bridgehead atoms. The smallest absolute Gasteiger partial charge is 0.140 e. The largest absolute Gasteiger partial charge is 0.378 e. The Morgan fingerprint density at radius 1 is 1.29 bits per heavy atom. The Labute approximate surface area is 125 Å². The molecule has 110 valence electrons. The van der Waals surface area contributed by atoms with E-state index in [0.717, 1.165) is 31.6 Å². The molecule has 2 unspecified atom stereocenters. The van der Waals surface area contributed by atoms with Crippen molar-refractivity contribution in [2.24, 2.45) is 5.92 Å². The lowest BCUT2D eigenvalue weighted by atomic mass is 9.81. The minimum Gasteiger partial charge on any atom is -0.378 e. The molecule has 0 N–H and O–H groups in total. The number of nitrogens with zero attached hydrogens (tertiary/aromatic N) is 2. The van der Waals surface area contributed by atoms with Gasteiger partial charge in [-0.25, -0.2) is 0 Å². The van der Waals surface area contributed by atoms with E-state index >= 15 is 0 Å². The summed E-state index contributed by atoms with van der Waals surface area (Å²) in [5.41, 5.74) is 1.64. The second-order valence-corrected chi connectivity index (χ2v) is 6.13. The number of morpholine rings is 1. The molecule has 3 rings (SSSR count). The number of fused-ring (bicyclic) bond motifs is 2. The topological polar surface area (TPSA) is 53.3 Å². The van der Waals surface area contributed by atoms with Crippen molar-refractivity contribution in [1.29, 1.82) is 5.26 Å². The zero-order valence-electron chi connectivity index (χ0n) is 12.3. The Hall–Kier alpha value is -1.70. The van der Waals surface area contributed by atoms with Gasteiger partial charge >= 0.3 is 0 Å². The molecule has 2 saturated heterocycles. The molecule has 0 amide bonds. The molecule has 1 aromatic carbocycles. The van der Waals surface area contributed by atoms with E-state index < -0.39 is 0 Å². The molecular formula is C17H20N2O2. The molecule has 2 fully saturated rings. The third kappa shape index (κ3) is 2.99. The Balaban J connectivity index is 1.64. The summed E-state index contributed by atoms with van der Waals surface area (Å²) in [4.78, 5) is 14.9. The molecule has 2 atom stereocenters. The second-order valence-electron chi connectivity index (χ2n) is 6.13. The fourth-order valence-electron chi connectivity index (χ4n) is 3.40. The second kappa shape index (κ2) is 5.97. The van der Waals surface area contributed by atoms with E-state index in [1.54, 1.807) is 12.1 Å². The molecule has 4 nitrogen and oxygen atoms in total.